The summed E-state index contributed by atoms with van der Waals surface area (Å²) in [6.07, 6.45) is 1.27. The fourth-order valence-electron chi connectivity index (χ4n) is 1.70. The molecule has 1 aromatic rings. The minimum absolute atomic E-state index is 0.178. The van der Waals surface area contributed by atoms with Crippen molar-refractivity contribution in [2.24, 2.45) is 0 Å². The Bertz CT molecular complexity index is 484. The van der Waals surface area contributed by atoms with Gasteiger partial charge >= 0.3 is 0 Å². The largest absolute Gasteiger partial charge is 0.398 e. The Labute approximate surface area is 110 Å². The molecule has 0 atom stereocenters. The second-order valence-electron chi connectivity index (χ2n) is 4.89. The third-order valence-corrected chi connectivity index (χ3v) is 3.83. The predicted octanol–water partition coefficient (Wildman–Crippen LogP) is 1.52. The Hall–Kier alpha value is -1.07. The first kappa shape index (κ1) is 15.0. The van der Waals surface area contributed by atoms with E-state index in [0.29, 0.717) is 13.1 Å². The predicted molar refractivity (Wildman–Crippen MR) is 76.1 cm³/mol. The van der Waals surface area contributed by atoms with Crippen LogP contribution in [0, 0.1) is 0 Å². The van der Waals surface area contributed by atoms with E-state index in [0.717, 1.165) is 11.3 Å². The van der Waals surface area contributed by atoms with Crippen molar-refractivity contribution in [2.45, 2.75) is 26.4 Å². The number of para-hydroxylation sites is 1. The molecule has 0 spiro atoms. The maximum Gasteiger partial charge on any atom is 0.148 e. The molecular weight excluding hydrogens is 248 g/mol. The molecule has 2 N–H and O–H groups in total. The van der Waals surface area contributed by atoms with Crippen molar-refractivity contribution < 1.29 is 8.42 Å². The molecule has 1 rings (SSSR count). The maximum atomic E-state index is 11.2. The molecule has 0 saturated heterocycles. The van der Waals surface area contributed by atoms with Crippen molar-refractivity contribution in [1.29, 1.82) is 0 Å². The van der Waals surface area contributed by atoms with Gasteiger partial charge < -0.3 is 5.73 Å². The van der Waals surface area contributed by atoms with Crippen molar-refractivity contribution in [2.75, 3.05) is 24.3 Å². The van der Waals surface area contributed by atoms with Crippen molar-refractivity contribution in [3.63, 3.8) is 0 Å². The van der Waals surface area contributed by atoms with E-state index >= 15 is 0 Å². The number of benzene rings is 1. The van der Waals surface area contributed by atoms with Crippen molar-refractivity contribution in [3.05, 3.63) is 29.8 Å². The fourth-order valence-corrected chi connectivity index (χ4v) is 2.27. The van der Waals surface area contributed by atoms with Crippen LogP contribution in [0.15, 0.2) is 24.3 Å². The normalized spacial score (nSPS) is 12.3. The quantitative estimate of drug-likeness (QED) is 0.796. The zero-order chi connectivity index (χ0) is 13.8. The van der Waals surface area contributed by atoms with Crippen LogP contribution in [0.25, 0.3) is 0 Å². The summed E-state index contributed by atoms with van der Waals surface area (Å²) in [6, 6.07) is 7.97. The van der Waals surface area contributed by atoms with Crippen LogP contribution in [0.1, 0.15) is 19.4 Å². The molecule has 0 fully saturated rings. The van der Waals surface area contributed by atoms with Crippen molar-refractivity contribution >= 4 is 15.5 Å². The summed E-state index contributed by atoms with van der Waals surface area (Å²) in [7, 11) is -2.93. The average molecular weight is 270 g/mol. The van der Waals surface area contributed by atoms with Gasteiger partial charge in [-0.3, -0.25) is 4.90 Å². The van der Waals surface area contributed by atoms with Gasteiger partial charge in [-0.1, -0.05) is 18.2 Å². The summed E-state index contributed by atoms with van der Waals surface area (Å²) < 4.78 is 22.5. The van der Waals surface area contributed by atoms with Gasteiger partial charge in [-0.2, -0.15) is 0 Å². The molecule has 0 aliphatic heterocycles. The van der Waals surface area contributed by atoms with Crippen LogP contribution in [0.3, 0.4) is 0 Å². The summed E-state index contributed by atoms with van der Waals surface area (Å²) in [5, 5.41) is 0. The van der Waals surface area contributed by atoms with Crippen LogP contribution in [-0.4, -0.2) is 37.9 Å². The van der Waals surface area contributed by atoms with Crippen LogP contribution in [0.4, 0.5) is 5.69 Å². The molecule has 0 aromatic heterocycles. The second kappa shape index (κ2) is 6.20. The highest BCUT2D eigenvalue weighted by Crippen LogP contribution is 2.15. The number of nitrogens with zero attached hydrogens (tertiary/aromatic N) is 1. The number of sulfone groups is 1. The topological polar surface area (TPSA) is 63.4 Å². The Morgan fingerprint density at radius 1 is 1.28 bits per heavy atom. The van der Waals surface area contributed by atoms with Gasteiger partial charge in [-0.05, 0) is 25.5 Å². The molecule has 0 radical (unpaired) electrons. The highest BCUT2D eigenvalue weighted by Gasteiger charge is 2.14. The monoisotopic (exact) mass is 270 g/mol. The first-order chi connectivity index (χ1) is 8.29. The number of anilines is 1. The Kier molecular flexibility index (Phi) is 5.16. The fraction of sp³-hybridized carbons (Fsp3) is 0.538. The number of nitrogen functional groups attached to an aromatic ring is 1. The molecule has 0 amide bonds. The van der Waals surface area contributed by atoms with Gasteiger partial charge in [0.1, 0.15) is 9.84 Å². The first-order valence-corrected chi connectivity index (χ1v) is 8.11. The van der Waals surface area contributed by atoms with Gasteiger partial charge in [0.2, 0.25) is 0 Å². The lowest BCUT2D eigenvalue weighted by Crippen LogP contribution is -2.34. The highest BCUT2D eigenvalue weighted by atomic mass is 32.2. The van der Waals surface area contributed by atoms with E-state index in [9.17, 15) is 8.42 Å². The van der Waals surface area contributed by atoms with Gasteiger partial charge in [-0.15, -0.1) is 0 Å². The SMILES string of the molecule is CC(C)N(CCS(C)(=O)=O)Cc1ccccc1N. The van der Waals surface area contributed by atoms with E-state index < -0.39 is 9.84 Å². The lowest BCUT2D eigenvalue weighted by molar-refractivity contribution is 0.226. The van der Waals surface area contributed by atoms with Gasteiger partial charge in [0.05, 0.1) is 5.75 Å². The summed E-state index contributed by atoms with van der Waals surface area (Å²) >= 11 is 0. The molecule has 5 heteroatoms. The molecule has 4 nitrogen and oxygen atoms in total. The average Bonchev–Trinajstić information content (AvgIpc) is 2.24. The van der Waals surface area contributed by atoms with Gasteiger partial charge in [0.15, 0.2) is 0 Å². The molecular formula is C13H22N2O2S. The van der Waals surface area contributed by atoms with Crippen molar-refractivity contribution in [3.8, 4) is 0 Å². The standard InChI is InChI=1S/C13H22N2O2S/c1-11(2)15(8-9-18(3,16)17)10-12-6-4-5-7-13(12)14/h4-7,11H,8-10,14H2,1-3H3. The molecule has 0 bridgehead atoms. The van der Waals surface area contributed by atoms with Crippen LogP contribution < -0.4 is 5.73 Å². The maximum absolute atomic E-state index is 11.2. The van der Waals surface area contributed by atoms with Crippen LogP contribution >= 0.6 is 0 Å². The highest BCUT2D eigenvalue weighted by molar-refractivity contribution is 7.90. The summed E-state index contributed by atoms with van der Waals surface area (Å²) in [6.45, 7) is 5.33. The minimum atomic E-state index is -2.93. The number of rotatable bonds is 6. The molecule has 18 heavy (non-hydrogen) atoms. The molecule has 0 aliphatic carbocycles. The van der Waals surface area contributed by atoms with E-state index in [4.69, 9.17) is 5.73 Å². The Morgan fingerprint density at radius 3 is 2.39 bits per heavy atom. The van der Waals surface area contributed by atoms with E-state index in [2.05, 4.69) is 18.7 Å². The van der Waals surface area contributed by atoms with Crippen LogP contribution in [-0.2, 0) is 16.4 Å². The molecule has 102 valence electrons. The van der Waals surface area contributed by atoms with E-state index in [1.165, 1.54) is 6.26 Å². The lowest BCUT2D eigenvalue weighted by Gasteiger charge is -2.26. The third-order valence-electron chi connectivity index (χ3n) is 2.91. The third kappa shape index (κ3) is 5.06. The zero-order valence-corrected chi connectivity index (χ0v) is 12.1. The molecule has 1 aromatic carbocycles. The van der Waals surface area contributed by atoms with Crippen molar-refractivity contribution in [1.82, 2.24) is 4.90 Å². The summed E-state index contributed by atoms with van der Waals surface area (Å²) in [4.78, 5) is 2.12. The first-order valence-electron chi connectivity index (χ1n) is 6.05. The molecule has 0 saturated carbocycles. The Balaban J connectivity index is 2.72. The smallest absolute Gasteiger partial charge is 0.148 e. The van der Waals surface area contributed by atoms with Gasteiger partial charge in [0, 0.05) is 31.1 Å². The van der Waals surface area contributed by atoms with Gasteiger partial charge in [-0.25, -0.2) is 8.42 Å². The van der Waals surface area contributed by atoms with Gasteiger partial charge in [0.25, 0.3) is 0 Å². The lowest BCUT2D eigenvalue weighted by atomic mass is 10.1. The van der Waals surface area contributed by atoms with E-state index in [-0.39, 0.29) is 11.8 Å². The number of nitrogens with two attached hydrogens (primary N) is 1. The van der Waals surface area contributed by atoms with E-state index in [1.54, 1.807) is 0 Å². The molecule has 0 heterocycles. The molecule has 0 unspecified atom stereocenters. The Morgan fingerprint density at radius 2 is 1.89 bits per heavy atom. The van der Waals surface area contributed by atoms with E-state index in [1.807, 2.05) is 24.3 Å². The van der Waals surface area contributed by atoms with Crippen LogP contribution in [0.2, 0.25) is 0 Å². The number of hydrogen-bond donors (Lipinski definition) is 1. The number of hydrogen-bond acceptors (Lipinski definition) is 4. The zero-order valence-electron chi connectivity index (χ0n) is 11.3. The second-order valence-corrected chi connectivity index (χ2v) is 7.15. The van der Waals surface area contributed by atoms with Crippen LogP contribution in [0.5, 0.6) is 0 Å². The minimum Gasteiger partial charge on any atom is -0.398 e. The molecule has 0 aliphatic rings. The summed E-state index contributed by atoms with van der Waals surface area (Å²) in [5.74, 6) is 0.178. The summed E-state index contributed by atoms with van der Waals surface area (Å²) in [5.41, 5.74) is 7.70.